The van der Waals surface area contributed by atoms with Crippen LogP contribution in [0.25, 0.3) is 0 Å². The summed E-state index contributed by atoms with van der Waals surface area (Å²) in [7, 11) is -0.254. The molecule has 28 heavy (non-hydrogen) atoms. The van der Waals surface area contributed by atoms with Gasteiger partial charge in [0.1, 0.15) is 5.75 Å². The molecule has 0 saturated carbocycles. The Morgan fingerprint density at radius 2 is 1.79 bits per heavy atom. The van der Waals surface area contributed by atoms with E-state index in [1.165, 1.54) is 10.4 Å². The van der Waals surface area contributed by atoms with Crippen molar-refractivity contribution in [3.8, 4) is 5.75 Å². The van der Waals surface area contributed by atoms with Crippen LogP contribution in [-0.4, -0.2) is 50.8 Å². The van der Waals surface area contributed by atoms with Crippen LogP contribution in [-0.2, 0) is 10.0 Å². The zero-order chi connectivity index (χ0) is 20.3. The number of sulfonamides is 1. The highest BCUT2D eigenvalue weighted by Gasteiger charge is 2.28. The molecule has 0 bridgehead atoms. The molecule has 0 aliphatic carbocycles. The van der Waals surface area contributed by atoms with E-state index in [1.807, 2.05) is 31.2 Å². The molecule has 1 amide bonds. The second kappa shape index (κ2) is 8.32. The standard InChI is InChI=1S/C21H26N2O4S/c1-16(19-11-4-5-12-20(19)27-3)22(2)21(24)17-9-8-10-18(15-17)28(25,26)23-13-6-7-14-23/h4-5,8-12,15-16H,6-7,13-14H2,1-3H3. The molecule has 1 atom stereocenters. The molecule has 2 aromatic rings. The van der Waals surface area contributed by atoms with E-state index < -0.39 is 10.0 Å². The molecule has 6 nitrogen and oxygen atoms in total. The van der Waals surface area contributed by atoms with Crippen LogP contribution in [0.3, 0.4) is 0 Å². The van der Waals surface area contributed by atoms with Gasteiger partial charge in [-0.05, 0) is 44.0 Å². The lowest BCUT2D eigenvalue weighted by molar-refractivity contribution is 0.0741. The number of methoxy groups -OCH3 is 1. The Hall–Kier alpha value is -2.38. The molecular formula is C21H26N2O4S. The predicted molar refractivity (Wildman–Crippen MR) is 108 cm³/mol. The highest BCUT2D eigenvalue weighted by Crippen LogP contribution is 2.29. The topological polar surface area (TPSA) is 66.9 Å². The van der Waals surface area contributed by atoms with Gasteiger partial charge >= 0.3 is 0 Å². The van der Waals surface area contributed by atoms with Gasteiger partial charge in [-0.3, -0.25) is 4.79 Å². The number of hydrogen-bond donors (Lipinski definition) is 0. The number of hydrogen-bond acceptors (Lipinski definition) is 4. The number of benzene rings is 2. The van der Waals surface area contributed by atoms with Crippen LogP contribution < -0.4 is 4.74 Å². The summed E-state index contributed by atoms with van der Waals surface area (Å²) in [5, 5.41) is 0. The van der Waals surface area contributed by atoms with Crippen molar-refractivity contribution < 1.29 is 17.9 Å². The minimum Gasteiger partial charge on any atom is -0.496 e. The molecule has 1 aliphatic heterocycles. The van der Waals surface area contributed by atoms with Crippen molar-refractivity contribution >= 4 is 15.9 Å². The lowest BCUT2D eigenvalue weighted by Crippen LogP contribution is -2.31. The van der Waals surface area contributed by atoms with Crippen LogP contribution in [0.2, 0.25) is 0 Å². The van der Waals surface area contributed by atoms with Crippen LogP contribution in [0.15, 0.2) is 53.4 Å². The smallest absolute Gasteiger partial charge is 0.254 e. The monoisotopic (exact) mass is 402 g/mol. The second-order valence-electron chi connectivity index (χ2n) is 6.97. The lowest BCUT2D eigenvalue weighted by Gasteiger charge is -2.27. The normalized spacial score (nSPS) is 16.0. The number of para-hydroxylation sites is 1. The van der Waals surface area contributed by atoms with Crippen molar-refractivity contribution in [3.05, 3.63) is 59.7 Å². The third kappa shape index (κ3) is 3.91. The fraction of sp³-hybridized carbons (Fsp3) is 0.381. The number of nitrogens with zero attached hydrogens (tertiary/aromatic N) is 2. The van der Waals surface area contributed by atoms with E-state index in [9.17, 15) is 13.2 Å². The highest BCUT2D eigenvalue weighted by atomic mass is 32.2. The van der Waals surface area contributed by atoms with E-state index in [0.717, 1.165) is 18.4 Å². The van der Waals surface area contributed by atoms with Gasteiger partial charge in [0.05, 0.1) is 18.0 Å². The maximum Gasteiger partial charge on any atom is 0.254 e. The summed E-state index contributed by atoms with van der Waals surface area (Å²) >= 11 is 0. The Kier molecular flexibility index (Phi) is 6.05. The van der Waals surface area contributed by atoms with E-state index in [4.69, 9.17) is 4.74 Å². The van der Waals surface area contributed by atoms with Gasteiger partial charge in [0.15, 0.2) is 0 Å². The molecule has 0 spiro atoms. The molecule has 0 radical (unpaired) electrons. The SMILES string of the molecule is COc1ccccc1C(C)N(C)C(=O)c1cccc(S(=O)(=O)N2CCCC2)c1. The molecule has 1 fully saturated rings. The van der Waals surface area contributed by atoms with E-state index in [1.54, 1.807) is 37.3 Å². The average Bonchev–Trinajstić information content (AvgIpc) is 3.28. The third-order valence-electron chi connectivity index (χ3n) is 5.27. The maximum atomic E-state index is 13.0. The first-order valence-corrected chi connectivity index (χ1v) is 10.8. The van der Waals surface area contributed by atoms with Crippen LogP contribution in [0.4, 0.5) is 0 Å². The van der Waals surface area contributed by atoms with Crippen molar-refractivity contribution in [1.82, 2.24) is 9.21 Å². The minimum atomic E-state index is -3.56. The fourth-order valence-corrected chi connectivity index (χ4v) is 5.03. The molecule has 150 valence electrons. The Morgan fingerprint density at radius 3 is 2.46 bits per heavy atom. The van der Waals surface area contributed by atoms with Gasteiger partial charge in [0, 0.05) is 31.3 Å². The zero-order valence-corrected chi connectivity index (χ0v) is 17.3. The third-order valence-corrected chi connectivity index (χ3v) is 7.17. The van der Waals surface area contributed by atoms with E-state index >= 15 is 0 Å². The molecule has 1 unspecified atom stereocenters. The number of rotatable bonds is 6. The molecule has 1 heterocycles. The van der Waals surface area contributed by atoms with Crippen LogP contribution >= 0.6 is 0 Å². The van der Waals surface area contributed by atoms with Crippen LogP contribution in [0, 0.1) is 0 Å². The number of carbonyl (C=O) groups is 1. The summed E-state index contributed by atoms with van der Waals surface area (Å²) in [5.41, 5.74) is 1.24. The molecule has 0 N–H and O–H groups in total. The molecule has 1 aliphatic rings. The molecule has 3 rings (SSSR count). The van der Waals surface area contributed by atoms with Gasteiger partial charge in [0.25, 0.3) is 5.91 Å². The summed E-state index contributed by atoms with van der Waals surface area (Å²) in [6, 6.07) is 13.6. The maximum absolute atomic E-state index is 13.0. The number of amides is 1. The Labute approximate surface area is 166 Å². The minimum absolute atomic E-state index is 0.165. The lowest BCUT2D eigenvalue weighted by atomic mass is 10.0. The van der Waals surface area contributed by atoms with Gasteiger partial charge in [-0.15, -0.1) is 0 Å². The van der Waals surface area contributed by atoms with Crippen LogP contribution in [0.5, 0.6) is 5.75 Å². The fourth-order valence-electron chi connectivity index (χ4n) is 3.47. The van der Waals surface area contributed by atoms with Crippen LogP contribution in [0.1, 0.15) is 41.7 Å². The Balaban J connectivity index is 1.86. The Morgan fingerprint density at radius 1 is 1.11 bits per heavy atom. The van der Waals surface area contributed by atoms with Gasteiger partial charge in [-0.25, -0.2) is 8.42 Å². The first kappa shape index (κ1) is 20.4. The van der Waals surface area contributed by atoms with Crippen molar-refractivity contribution in [1.29, 1.82) is 0 Å². The summed E-state index contributed by atoms with van der Waals surface area (Å²) in [5.74, 6) is 0.469. The quantitative estimate of drug-likeness (QED) is 0.743. The highest BCUT2D eigenvalue weighted by molar-refractivity contribution is 7.89. The van der Waals surface area contributed by atoms with E-state index in [-0.39, 0.29) is 16.8 Å². The zero-order valence-electron chi connectivity index (χ0n) is 16.5. The molecule has 0 aromatic heterocycles. The summed E-state index contributed by atoms with van der Waals surface area (Å²) in [4.78, 5) is 14.8. The molecule has 2 aromatic carbocycles. The van der Waals surface area contributed by atoms with Crippen molar-refractivity contribution in [2.45, 2.75) is 30.7 Å². The molecule has 1 saturated heterocycles. The van der Waals surface area contributed by atoms with Gasteiger partial charge in [0.2, 0.25) is 10.0 Å². The molecular weight excluding hydrogens is 376 g/mol. The van der Waals surface area contributed by atoms with Crippen molar-refractivity contribution in [3.63, 3.8) is 0 Å². The van der Waals surface area contributed by atoms with Gasteiger partial charge < -0.3 is 9.64 Å². The first-order valence-electron chi connectivity index (χ1n) is 9.36. The van der Waals surface area contributed by atoms with E-state index in [0.29, 0.717) is 24.4 Å². The molecule has 7 heteroatoms. The summed E-state index contributed by atoms with van der Waals surface area (Å²) in [6.45, 7) is 2.98. The second-order valence-corrected chi connectivity index (χ2v) is 8.91. The first-order chi connectivity index (χ1) is 13.4. The summed E-state index contributed by atoms with van der Waals surface area (Å²) < 4.78 is 32.5. The Bertz CT molecular complexity index is 952. The van der Waals surface area contributed by atoms with Gasteiger partial charge in [-0.1, -0.05) is 24.3 Å². The number of ether oxygens (including phenoxy) is 1. The average molecular weight is 403 g/mol. The summed E-state index contributed by atoms with van der Waals surface area (Å²) in [6.07, 6.45) is 1.74. The largest absolute Gasteiger partial charge is 0.496 e. The number of carbonyl (C=O) groups excluding carboxylic acids is 1. The van der Waals surface area contributed by atoms with Gasteiger partial charge in [-0.2, -0.15) is 4.31 Å². The van der Waals surface area contributed by atoms with E-state index in [2.05, 4.69) is 0 Å². The van der Waals surface area contributed by atoms with Crippen molar-refractivity contribution in [2.24, 2.45) is 0 Å². The van der Waals surface area contributed by atoms with Crippen molar-refractivity contribution in [2.75, 3.05) is 27.2 Å². The predicted octanol–water partition coefficient (Wildman–Crippen LogP) is 3.31.